The Hall–Kier alpha value is -0.430. The highest BCUT2D eigenvalue weighted by Crippen LogP contribution is 2.31. The number of rotatable bonds is 3. The third-order valence-electron chi connectivity index (χ3n) is 3.34. The van der Waals surface area contributed by atoms with Crippen LogP contribution in [-0.4, -0.2) is 31.9 Å². The molecule has 1 aromatic carbocycles. The number of hydrogen-bond acceptors (Lipinski definition) is 3. The van der Waals surface area contributed by atoms with Gasteiger partial charge in [-0.2, -0.15) is 4.31 Å². The molecule has 1 atom stereocenters. The van der Waals surface area contributed by atoms with Gasteiger partial charge in [0.25, 0.3) is 0 Å². The molecule has 6 heteroatoms. The molecule has 4 nitrogen and oxygen atoms in total. The predicted molar refractivity (Wildman–Crippen MR) is 74.8 cm³/mol. The molecular weight excluding hydrogens is 316 g/mol. The Balaban J connectivity index is 2.45. The standard InChI is InChI=1S/C12H17BrN2O2S/c1-9-4-2-6-11(12(9)13)18(16,17)15-7-3-5-10(15)8-14/h2,4,6,10H,3,5,7-8,14H2,1H3. The van der Waals surface area contributed by atoms with E-state index in [2.05, 4.69) is 15.9 Å². The molecule has 1 fully saturated rings. The molecule has 1 heterocycles. The van der Waals surface area contributed by atoms with Crippen molar-refractivity contribution in [1.82, 2.24) is 4.31 Å². The zero-order chi connectivity index (χ0) is 13.3. The Morgan fingerprint density at radius 3 is 2.89 bits per heavy atom. The number of nitrogens with two attached hydrogens (primary N) is 1. The van der Waals surface area contributed by atoms with Crippen LogP contribution in [0.5, 0.6) is 0 Å². The third-order valence-corrected chi connectivity index (χ3v) is 6.65. The van der Waals surface area contributed by atoms with Crippen LogP contribution in [0.2, 0.25) is 0 Å². The summed E-state index contributed by atoms with van der Waals surface area (Å²) in [6.07, 6.45) is 1.73. The number of benzene rings is 1. The van der Waals surface area contributed by atoms with Crippen molar-refractivity contribution in [2.45, 2.75) is 30.7 Å². The van der Waals surface area contributed by atoms with Crippen LogP contribution in [0.1, 0.15) is 18.4 Å². The van der Waals surface area contributed by atoms with Gasteiger partial charge in [0.05, 0.1) is 4.90 Å². The van der Waals surface area contributed by atoms with Crippen LogP contribution in [-0.2, 0) is 10.0 Å². The van der Waals surface area contributed by atoms with Crippen LogP contribution in [0.15, 0.2) is 27.6 Å². The minimum absolute atomic E-state index is 0.0672. The molecule has 0 aliphatic carbocycles. The second kappa shape index (κ2) is 5.28. The zero-order valence-corrected chi connectivity index (χ0v) is 12.7. The van der Waals surface area contributed by atoms with E-state index in [4.69, 9.17) is 5.73 Å². The maximum Gasteiger partial charge on any atom is 0.244 e. The van der Waals surface area contributed by atoms with Gasteiger partial charge >= 0.3 is 0 Å². The summed E-state index contributed by atoms with van der Waals surface area (Å²) in [5, 5.41) is 0. The lowest BCUT2D eigenvalue weighted by Gasteiger charge is -2.23. The lowest BCUT2D eigenvalue weighted by molar-refractivity contribution is 0.393. The number of aryl methyl sites for hydroxylation is 1. The summed E-state index contributed by atoms with van der Waals surface area (Å²) in [5.41, 5.74) is 6.57. The Kier molecular flexibility index (Phi) is 4.11. The molecule has 18 heavy (non-hydrogen) atoms. The van der Waals surface area contributed by atoms with Gasteiger partial charge in [0.1, 0.15) is 0 Å². The van der Waals surface area contributed by atoms with Gasteiger partial charge < -0.3 is 5.73 Å². The van der Waals surface area contributed by atoms with Gasteiger partial charge in [0.2, 0.25) is 10.0 Å². The third kappa shape index (κ3) is 2.34. The predicted octanol–water partition coefficient (Wildman–Crippen LogP) is 1.87. The lowest BCUT2D eigenvalue weighted by atomic mass is 10.2. The van der Waals surface area contributed by atoms with Gasteiger partial charge in [-0.05, 0) is 47.3 Å². The number of nitrogens with zero attached hydrogens (tertiary/aromatic N) is 1. The van der Waals surface area contributed by atoms with E-state index in [1.807, 2.05) is 13.0 Å². The van der Waals surface area contributed by atoms with Gasteiger partial charge in [-0.15, -0.1) is 0 Å². The summed E-state index contributed by atoms with van der Waals surface area (Å²) in [6.45, 7) is 2.82. The van der Waals surface area contributed by atoms with Gasteiger partial charge in [-0.25, -0.2) is 8.42 Å². The van der Waals surface area contributed by atoms with Crippen molar-refractivity contribution < 1.29 is 8.42 Å². The van der Waals surface area contributed by atoms with Crippen molar-refractivity contribution in [2.75, 3.05) is 13.1 Å². The maximum atomic E-state index is 12.6. The summed E-state index contributed by atoms with van der Waals surface area (Å²) < 4.78 is 27.4. The molecule has 0 saturated carbocycles. The molecule has 0 spiro atoms. The lowest BCUT2D eigenvalue weighted by Crippen LogP contribution is -2.40. The average Bonchev–Trinajstić information content (AvgIpc) is 2.81. The zero-order valence-electron chi connectivity index (χ0n) is 10.3. The van der Waals surface area contributed by atoms with E-state index in [9.17, 15) is 8.42 Å². The molecule has 1 aliphatic heterocycles. The second-order valence-electron chi connectivity index (χ2n) is 4.53. The highest BCUT2D eigenvalue weighted by atomic mass is 79.9. The van der Waals surface area contributed by atoms with E-state index >= 15 is 0 Å². The van der Waals surface area contributed by atoms with Crippen LogP contribution >= 0.6 is 15.9 Å². The molecular formula is C12H17BrN2O2S. The Labute approximate surface area is 116 Å². The van der Waals surface area contributed by atoms with E-state index < -0.39 is 10.0 Å². The highest BCUT2D eigenvalue weighted by molar-refractivity contribution is 9.10. The minimum Gasteiger partial charge on any atom is -0.329 e. The van der Waals surface area contributed by atoms with E-state index in [0.717, 1.165) is 18.4 Å². The summed E-state index contributed by atoms with van der Waals surface area (Å²) in [6, 6.07) is 5.22. The maximum absolute atomic E-state index is 12.6. The van der Waals surface area contributed by atoms with Crippen LogP contribution in [0.4, 0.5) is 0 Å². The fourth-order valence-corrected chi connectivity index (χ4v) is 5.03. The molecule has 1 saturated heterocycles. The first-order chi connectivity index (χ1) is 8.48. The minimum atomic E-state index is -3.45. The second-order valence-corrected chi connectivity index (χ2v) is 7.19. The van der Waals surface area contributed by atoms with Crippen molar-refractivity contribution in [3.63, 3.8) is 0 Å². The average molecular weight is 333 g/mol. The van der Waals surface area contributed by atoms with Gasteiger partial charge in [0, 0.05) is 23.6 Å². The molecule has 2 rings (SSSR count). The van der Waals surface area contributed by atoms with Gasteiger partial charge in [0.15, 0.2) is 0 Å². The first-order valence-electron chi connectivity index (χ1n) is 5.95. The molecule has 0 amide bonds. The Morgan fingerprint density at radius 1 is 1.50 bits per heavy atom. The van der Waals surface area contributed by atoms with E-state index in [1.165, 1.54) is 4.31 Å². The summed E-state index contributed by atoms with van der Waals surface area (Å²) in [4.78, 5) is 0.336. The summed E-state index contributed by atoms with van der Waals surface area (Å²) in [5.74, 6) is 0. The smallest absolute Gasteiger partial charge is 0.244 e. The monoisotopic (exact) mass is 332 g/mol. The van der Waals surface area contributed by atoms with Crippen molar-refractivity contribution in [2.24, 2.45) is 5.73 Å². The molecule has 1 aromatic rings. The van der Waals surface area contributed by atoms with Crippen LogP contribution in [0, 0.1) is 6.92 Å². The molecule has 100 valence electrons. The molecule has 0 bridgehead atoms. The van der Waals surface area contributed by atoms with Crippen LogP contribution in [0.3, 0.4) is 0 Å². The number of sulfonamides is 1. The van der Waals surface area contributed by atoms with Crippen molar-refractivity contribution >= 4 is 26.0 Å². The van der Waals surface area contributed by atoms with Crippen LogP contribution in [0.25, 0.3) is 0 Å². The summed E-state index contributed by atoms with van der Waals surface area (Å²) >= 11 is 3.37. The van der Waals surface area contributed by atoms with E-state index in [-0.39, 0.29) is 6.04 Å². The van der Waals surface area contributed by atoms with Crippen molar-refractivity contribution in [1.29, 1.82) is 0 Å². The Morgan fingerprint density at radius 2 is 2.22 bits per heavy atom. The van der Waals surface area contributed by atoms with Crippen molar-refractivity contribution in [3.05, 3.63) is 28.2 Å². The fourth-order valence-electron chi connectivity index (χ4n) is 2.31. The SMILES string of the molecule is Cc1cccc(S(=O)(=O)N2CCCC2CN)c1Br. The molecule has 0 radical (unpaired) electrons. The normalized spacial score (nSPS) is 21.4. The number of halogens is 1. The van der Waals surface area contributed by atoms with E-state index in [0.29, 0.717) is 22.5 Å². The van der Waals surface area contributed by atoms with Gasteiger partial charge in [-0.1, -0.05) is 12.1 Å². The molecule has 1 aliphatic rings. The topological polar surface area (TPSA) is 63.4 Å². The first-order valence-corrected chi connectivity index (χ1v) is 8.19. The fraction of sp³-hybridized carbons (Fsp3) is 0.500. The summed E-state index contributed by atoms with van der Waals surface area (Å²) in [7, 11) is -3.45. The molecule has 0 aromatic heterocycles. The molecule has 1 unspecified atom stereocenters. The van der Waals surface area contributed by atoms with Crippen molar-refractivity contribution in [3.8, 4) is 0 Å². The quantitative estimate of drug-likeness (QED) is 0.918. The first kappa shape index (κ1) is 14.0. The van der Waals surface area contributed by atoms with Crippen LogP contribution < -0.4 is 5.73 Å². The highest BCUT2D eigenvalue weighted by Gasteiger charge is 2.35. The van der Waals surface area contributed by atoms with E-state index in [1.54, 1.807) is 12.1 Å². The largest absolute Gasteiger partial charge is 0.329 e. The molecule has 2 N–H and O–H groups in total. The Bertz CT molecular complexity index is 545. The number of hydrogen-bond donors (Lipinski definition) is 1. The van der Waals surface area contributed by atoms with Gasteiger partial charge in [-0.3, -0.25) is 0 Å².